The Bertz CT molecular complexity index is 964. The molecule has 1 aromatic heterocycles. The van der Waals surface area contributed by atoms with E-state index in [1.807, 2.05) is 24.6 Å². The average molecular weight is 407 g/mol. The first kappa shape index (κ1) is 20.3. The van der Waals surface area contributed by atoms with Crippen molar-refractivity contribution in [2.24, 2.45) is 0 Å². The predicted octanol–water partition coefficient (Wildman–Crippen LogP) is 2.69. The largest absolute Gasteiger partial charge is 0.379 e. The highest BCUT2D eigenvalue weighted by Gasteiger charge is 2.29. The molecule has 1 fully saturated rings. The van der Waals surface area contributed by atoms with Crippen LogP contribution in [-0.4, -0.2) is 47.1 Å². The van der Waals surface area contributed by atoms with Crippen molar-refractivity contribution in [3.05, 3.63) is 45.8 Å². The highest BCUT2D eigenvalue weighted by molar-refractivity contribution is 7.89. The Morgan fingerprint density at radius 2 is 1.93 bits per heavy atom. The number of rotatable bonds is 8. The number of nitro groups is 1. The van der Waals surface area contributed by atoms with Gasteiger partial charge in [0, 0.05) is 37.9 Å². The van der Waals surface area contributed by atoms with Crippen LogP contribution in [0.1, 0.15) is 30.7 Å². The molecule has 0 radical (unpaired) electrons. The Kier molecular flexibility index (Phi) is 5.99. The van der Waals surface area contributed by atoms with E-state index >= 15 is 0 Å². The summed E-state index contributed by atoms with van der Waals surface area (Å²) in [5, 5.41) is 18.9. The van der Waals surface area contributed by atoms with Crippen molar-refractivity contribution in [2.45, 2.75) is 44.6 Å². The monoisotopic (exact) mass is 407 g/mol. The van der Waals surface area contributed by atoms with E-state index in [4.69, 9.17) is 0 Å². The SMILES string of the molecule is Cc1cc(C)n(CCCNc2ccc(S(=O)(=O)N3CCCC3)cc2[N+](=O)[O-])n1. The van der Waals surface area contributed by atoms with E-state index in [0.717, 1.165) is 36.7 Å². The minimum Gasteiger partial charge on any atom is -0.379 e. The molecule has 152 valence electrons. The van der Waals surface area contributed by atoms with Crippen molar-refractivity contribution in [2.75, 3.05) is 25.0 Å². The average Bonchev–Trinajstić information content (AvgIpc) is 3.29. The quantitative estimate of drug-likeness (QED) is 0.409. The van der Waals surface area contributed by atoms with E-state index in [1.54, 1.807) is 0 Å². The number of aromatic nitrogens is 2. The van der Waals surface area contributed by atoms with Gasteiger partial charge in [0.1, 0.15) is 5.69 Å². The summed E-state index contributed by atoms with van der Waals surface area (Å²) >= 11 is 0. The molecule has 9 nitrogen and oxygen atoms in total. The van der Waals surface area contributed by atoms with Crippen LogP contribution in [0.4, 0.5) is 11.4 Å². The third-order valence-electron chi connectivity index (χ3n) is 4.83. The number of sulfonamides is 1. The normalized spacial score (nSPS) is 15.1. The van der Waals surface area contributed by atoms with Gasteiger partial charge in [-0.05, 0) is 51.3 Å². The third kappa shape index (κ3) is 4.33. The zero-order valence-corrected chi connectivity index (χ0v) is 16.9. The molecule has 0 aliphatic carbocycles. The van der Waals surface area contributed by atoms with Crippen molar-refractivity contribution in [1.82, 2.24) is 14.1 Å². The second-order valence-corrected chi connectivity index (χ2v) is 8.92. The standard InChI is InChI=1S/C18H25N5O4S/c1-14-12-15(2)22(20-14)11-5-8-19-17-7-6-16(13-18(17)23(24)25)28(26,27)21-9-3-4-10-21/h6-7,12-13,19H,3-5,8-11H2,1-2H3. The van der Waals surface area contributed by atoms with E-state index in [1.165, 1.54) is 16.4 Å². The number of anilines is 1. The van der Waals surface area contributed by atoms with Gasteiger partial charge in [0.2, 0.25) is 10.0 Å². The second-order valence-electron chi connectivity index (χ2n) is 6.98. The van der Waals surface area contributed by atoms with E-state index < -0.39 is 14.9 Å². The van der Waals surface area contributed by atoms with Crippen LogP contribution in [0.25, 0.3) is 0 Å². The lowest BCUT2D eigenvalue weighted by atomic mass is 10.2. The van der Waals surface area contributed by atoms with Gasteiger partial charge in [0.25, 0.3) is 5.69 Å². The number of benzene rings is 1. The van der Waals surface area contributed by atoms with E-state index in [0.29, 0.717) is 31.9 Å². The van der Waals surface area contributed by atoms with Gasteiger partial charge in [-0.2, -0.15) is 9.40 Å². The molecular weight excluding hydrogens is 382 g/mol. The van der Waals surface area contributed by atoms with Gasteiger partial charge in [-0.3, -0.25) is 14.8 Å². The molecule has 2 aromatic rings. The molecule has 1 aromatic carbocycles. The molecule has 1 aliphatic heterocycles. The number of hydrogen-bond acceptors (Lipinski definition) is 6. The minimum atomic E-state index is -3.69. The minimum absolute atomic E-state index is 0.0331. The van der Waals surface area contributed by atoms with Crippen molar-refractivity contribution in [3.63, 3.8) is 0 Å². The summed E-state index contributed by atoms with van der Waals surface area (Å²) in [6.45, 7) is 6.05. The van der Waals surface area contributed by atoms with Crippen LogP contribution in [0.2, 0.25) is 0 Å². The lowest BCUT2D eigenvalue weighted by Gasteiger charge is -2.16. The second kappa shape index (κ2) is 8.27. The summed E-state index contributed by atoms with van der Waals surface area (Å²) in [6.07, 6.45) is 2.36. The van der Waals surface area contributed by atoms with Gasteiger partial charge in [0.15, 0.2) is 0 Å². The van der Waals surface area contributed by atoms with Crippen molar-refractivity contribution >= 4 is 21.4 Å². The smallest absolute Gasteiger partial charge is 0.293 e. The van der Waals surface area contributed by atoms with Gasteiger partial charge in [-0.25, -0.2) is 8.42 Å². The van der Waals surface area contributed by atoms with Gasteiger partial charge in [-0.15, -0.1) is 0 Å². The Morgan fingerprint density at radius 1 is 1.21 bits per heavy atom. The maximum Gasteiger partial charge on any atom is 0.293 e. The lowest BCUT2D eigenvalue weighted by molar-refractivity contribution is -0.384. The molecule has 28 heavy (non-hydrogen) atoms. The molecule has 2 heterocycles. The molecule has 1 N–H and O–H groups in total. The third-order valence-corrected chi connectivity index (χ3v) is 6.73. The fourth-order valence-corrected chi connectivity index (χ4v) is 4.94. The zero-order chi connectivity index (χ0) is 20.3. The summed E-state index contributed by atoms with van der Waals surface area (Å²) in [7, 11) is -3.69. The first-order valence-corrected chi connectivity index (χ1v) is 10.8. The summed E-state index contributed by atoms with van der Waals surface area (Å²) in [4.78, 5) is 10.9. The molecule has 0 amide bonds. The Balaban J connectivity index is 1.69. The number of nitro benzene ring substituents is 1. The maximum absolute atomic E-state index is 12.6. The summed E-state index contributed by atoms with van der Waals surface area (Å²) < 4.78 is 28.6. The molecule has 0 saturated carbocycles. The van der Waals surface area contributed by atoms with Gasteiger partial charge < -0.3 is 5.32 Å². The van der Waals surface area contributed by atoms with Gasteiger partial charge in [-0.1, -0.05) is 0 Å². The van der Waals surface area contributed by atoms with E-state index in [9.17, 15) is 18.5 Å². The highest BCUT2D eigenvalue weighted by Crippen LogP contribution is 2.30. The number of nitrogens with zero attached hydrogens (tertiary/aromatic N) is 4. The summed E-state index contributed by atoms with van der Waals surface area (Å²) in [5.74, 6) is 0. The highest BCUT2D eigenvalue weighted by atomic mass is 32.2. The number of aryl methyl sites for hydroxylation is 3. The molecular formula is C18H25N5O4S. The van der Waals surface area contributed by atoms with Crippen molar-refractivity contribution in [3.8, 4) is 0 Å². The Labute approximate surface area is 164 Å². The van der Waals surface area contributed by atoms with E-state index in [-0.39, 0.29) is 10.6 Å². The first-order valence-electron chi connectivity index (χ1n) is 9.32. The van der Waals surface area contributed by atoms with Crippen LogP contribution >= 0.6 is 0 Å². The first-order chi connectivity index (χ1) is 13.3. The lowest BCUT2D eigenvalue weighted by Crippen LogP contribution is -2.27. The molecule has 0 atom stereocenters. The van der Waals surface area contributed by atoms with Crippen LogP contribution in [0.3, 0.4) is 0 Å². The van der Waals surface area contributed by atoms with Gasteiger partial charge >= 0.3 is 0 Å². The molecule has 0 unspecified atom stereocenters. The van der Waals surface area contributed by atoms with Crippen LogP contribution in [0.15, 0.2) is 29.2 Å². The number of hydrogen-bond donors (Lipinski definition) is 1. The fourth-order valence-electron chi connectivity index (χ4n) is 3.40. The van der Waals surface area contributed by atoms with Crippen LogP contribution < -0.4 is 5.32 Å². The maximum atomic E-state index is 12.6. The molecule has 0 bridgehead atoms. The number of nitrogens with one attached hydrogen (secondary N) is 1. The molecule has 10 heteroatoms. The molecule has 1 aliphatic rings. The molecule has 1 saturated heterocycles. The van der Waals surface area contributed by atoms with Crippen LogP contribution in [0.5, 0.6) is 0 Å². The van der Waals surface area contributed by atoms with Gasteiger partial charge in [0.05, 0.1) is 15.5 Å². The predicted molar refractivity (Wildman–Crippen MR) is 106 cm³/mol. The Hall–Kier alpha value is -2.46. The van der Waals surface area contributed by atoms with Crippen LogP contribution in [-0.2, 0) is 16.6 Å². The molecule has 3 rings (SSSR count). The molecule has 0 spiro atoms. The summed E-state index contributed by atoms with van der Waals surface area (Å²) in [5.41, 5.74) is 2.11. The van der Waals surface area contributed by atoms with Crippen molar-refractivity contribution in [1.29, 1.82) is 0 Å². The van der Waals surface area contributed by atoms with E-state index in [2.05, 4.69) is 10.4 Å². The zero-order valence-electron chi connectivity index (χ0n) is 16.1. The van der Waals surface area contributed by atoms with Crippen molar-refractivity contribution < 1.29 is 13.3 Å². The summed E-state index contributed by atoms with van der Waals surface area (Å²) in [6, 6.07) is 6.06. The Morgan fingerprint density at radius 3 is 2.54 bits per heavy atom. The van der Waals surface area contributed by atoms with Crippen LogP contribution in [0, 0.1) is 24.0 Å². The fraction of sp³-hybridized carbons (Fsp3) is 0.500. The topological polar surface area (TPSA) is 110 Å².